The van der Waals surface area contributed by atoms with Gasteiger partial charge in [-0.1, -0.05) is 142 Å². The van der Waals surface area contributed by atoms with Crippen LogP contribution in [0.25, 0.3) is 44.5 Å². The van der Waals surface area contributed by atoms with Crippen LogP contribution >= 0.6 is 31.9 Å². The molecule has 0 atom stereocenters. The molecule has 0 heterocycles. The van der Waals surface area contributed by atoms with Gasteiger partial charge in [0.15, 0.2) is 0 Å². The van der Waals surface area contributed by atoms with Gasteiger partial charge in [0.05, 0.1) is 8.07 Å². The lowest BCUT2D eigenvalue weighted by Crippen LogP contribution is -2.42. The zero-order valence-electron chi connectivity index (χ0n) is 24.1. The molecule has 8 rings (SSSR count). The highest BCUT2D eigenvalue weighted by Gasteiger charge is 2.49. The third kappa shape index (κ3) is 4.36. The van der Waals surface area contributed by atoms with Gasteiger partial charge in [-0.15, -0.1) is 0 Å². The Morgan fingerprint density at radius 2 is 0.814 bits per heavy atom. The van der Waals surface area contributed by atoms with E-state index in [1.807, 2.05) is 0 Å². The molecule has 0 spiro atoms. The summed E-state index contributed by atoms with van der Waals surface area (Å²) < 4.78 is 2.31. The number of benzene rings is 6. The van der Waals surface area contributed by atoms with Crippen molar-refractivity contribution >= 4 is 39.9 Å². The number of rotatable bonds is 4. The molecule has 0 bridgehead atoms. The molecule has 0 aliphatic heterocycles. The molecule has 2 aliphatic carbocycles. The summed E-state index contributed by atoms with van der Waals surface area (Å²) in [6.07, 6.45) is 0. The molecular weight excluding hydrogens is 668 g/mol. The van der Waals surface area contributed by atoms with Crippen molar-refractivity contribution in [1.82, 2.24) is 0 Å². The van der Waals surface area contributed by atoms with Crippen molar-refractivity contribution in [3.63, 3.8) is 0 Å². The first-order valence-corrected chi connectivity index (χ1v) is 19.6. The largest absolute Gasteiger partial charge is 0.0731 e. The van der Waals surface area contributed by atoms with Gasteiger partial charge in [0.1, 0.15) is 0 Å². The first-order valence-electron chi connectivity index (χ1n) is 14.9. The molecule has 3 heteroatoms. The minimum atomic E-state index is -2.12. The third-order valence-corrected chi connectivity index (χ3v) is 14.9. The fourth-order valence-electron chi connectivity index (χ4n) is 7.84. The second kappa shape index (κ2) is 10.3. The van der Waals surface area contributed by atoms with Crippen molar-refractivity contribution < 1.29 is 0 Å². The van der Waals surface area contributed by atoms with E-state index in [0.717, 1.165) is 8.95 Å². The molecule has 6 aromatic rings. The summed E-state index contributed by atoms with van der Waals surface area (Å²) in [5, 5.41) is 0. The molecule has 2 aliphatic rings. The average Bonchev–Trinajstić information content (AvgIpc) is 3.53. The molecular formula is C40H30Br2Si. The maximum Gasteiger partial charge on any atom is 0.0731 e. The zero-order chi connectivity index (χ0) is 29.3. The smallest absolute Gasteiger partial charge is 0.0679 e. The van der Waals surface area contributed by atoms with Crippen LogP contribution in [0.15, 0.2) is 142 Å². The highest BCUT2D eigenvalue weighted by atomic mass is 79.9. The molecule has 0 saturated carbocycles. The minimum absolute atomic E-state index is 0.369. The maximum atomic E-state index is 3.82. The van der Waals surface area contributed by atoms with Crippen LogP contribution in [-0.4, -0.2) is 8.07 Å². The van der Waals surface area contributed by atoms with E-state index in [9.17, 15) is 0 Å². The molecule has 0 fully saturated rings. The molecule has 0 N–H and O–H groups in total. The van der Waals surface area contributed by atoms with Crippen LogP contribution in [0, 0.1) is 0 Å². The van der Waals surface area contributed by atoms with Crippen LogP contribution in [0.2, 0.25) is 13.1 Å². The van der Waals surface area contributed by atoms with Crippen LogP contribution in [0.4, 0.5) is 0 Å². The van der Waals surface area contributed by atoms with Crippen molar-refractivity contribution in [2.45, 2.75) is 24.2 Å². The van der Waals surface area contributed by atoms with Crippen LogP contribution in [-0.2, 0) is 0 Å². The normalized spacial score (nSPS) is 13.9. The van der Waals surface area contributed by atoms with Crippen molar-refractivity contribution in [3.05, 3.63) is 165 Å². The lowest BCUT2D eigenvalue weighted by atomic mass is 9.96. The maximum absolute atomic E-state index is 3.82. The predicted octanol–water partition coefficient (Wildman–Crippen LogP) is 12.3. The Balaban J connectivity index is 1.35. The van der Waals surface area contributed by atoms with E-state index in [1.165, 1.54) is 66.8 Å². The van der Waals surface area contributed by atoms with Crippen molar-refractivity contribution in [1.29, 1.82) is 0 Å². The van der Waals surface area contributed by atoms with Gasteiger partial charge in [-0.3, -0.25) is 0 Å². The summed E-state index contributed by atoms with van der Waals surface area (Å²) >= 11 is 7.64. The molecule has 0 nitrogen and oxygen atoms in total. The Morgan fingerprint density at radius 1 is 0.395 bits per heavy atom. The molecule has 208 valence electrons. The molecule has 6 aromatic carbocycles. The van der Waals surface area contributed by atoms with Crippen molar-refractivity contribution in [2.24, 2.45) is 0 Å². The highest BCUT2D eigenvalue weighted by Crippen LogP contribution is 2.58. The van der Waals surface area contributed by atoms with Crippen LogP contribution < -0.4 is 0 Å². The first-order chi connectivity index (χ1) is 20.9. The Hall–Kier alpha value is -3.50. The van der Waals surface area contributed by atoms with Gasteiger partial charge in [-0.25, -0.2) is 0 Å². The van der Waals surface area contributed by atoms with E-state index >= 15 is 0 Å². The summed E-state index contributed by atoms with van der Waals surface area (Å²) in [5.74, 6) is 0. The molecule has 0 saturated heterocycles. The summed E-state index contributed by atoms with van der Waals surface area (Å²) in [4.78, 5) is 0. The van der Waals surface area contributed by atoms with Gasteiger partial charge in [-0.2, -0.15) is 0 Å². The molecule has 0 amide bonds. The Morgan fingerprint density at radius 3 is 1.26 bits per heavy atom. The Kier molecular flexibility index (Phi) is 6.48. The minimum Gasteiger partial charge on any atom is -0.0679 e. The quantitative estimate of drug-likeness (QED) is 0.161. The topological polar surface area (TPSA) is 0 Å². The third-order valence-electron chi connectivity index (χ3n) is 9.66. The Bertz CT molecular complexity index is 1890. The first kappa shape index (κ1) is 27.1. The van der Waals surface area contributed by atoms with Crippen molar-refractivity contribution in [3.8, 4) is 44.5 Å². The second-order valence-corrected chi connectivity index (χ2v) is 19.1. The molecule has 0 aromatic heterocycles. The summed E-state index contributed by atoms with van der Waals surface area (Å²) in [5.41, 5.74) is 17.3. The number of hydrogen-bond donors (Lipinski definition) is 0. The summed E-state index contributed by atoms with van der Waals surface area (Å²) in [7, 11) is -2.12. The standard InChI is InChI=1S/C40H30Br2Si/c1-43(2,40-37-23-29(41)15-19-31(37)32-20-16-30(42)24-38(32)40)39-33-17-13-27(25-9-5-3-6-10-25)21-35(33)36-22-28(14-18-34(36)39)26-11-7-4-8-12-26/h3-24,39-40H,1-2H3. The fraction of sp³-hybridized carbons (Fsp3) is 0.100. The van der Waals surface area contributed by atoms with E-state index in [1.54, 1.807) is 0 Å². The molecule has 0 radical (unpaired) electrons. The monoisotopic (exact) mass is 696 g/mol. The van der Waals surface area contributed by atoms with Crippen LogP contribution in [0.5, 0.6) is 0 Å². The average molecular weight is 699 g/mol. The van der Waals surface area contributed by atoms with E-state index in [-0.39, 0.29) is 0 Å². The predicted molar refractivity (Wildman–Crippen MR) is 191 cm³/mol. The van der Waals surface area contributed by atoms with E-state index in [4.69, 9.17) is 0 Å². The lowest BCUT2D eigenvalue weighted by molar-refractivity contribution is 1.01. The number of fused-ring (bicyclic) bond motifs is 6. The van der Waals surface area contributed by atoms with Gasteiger partial charge in [-0.05, 0) is 103 Å². The molecule has 0 unspecified atom stereocenters. The van der Waals surface area contributed by atoms with Crippen LogP contribution in [0.1, 0.15) is 33.3 Å². The van der Waals surface area contributed by atoms with Gasteiger partial charge >= 0.3 is 0 Å². The van der Waals surface area contributed by atoms with Gasteiger partial charge < -0.3 is 0 Å². The zero-order valence-corrected chi connectivity index (χ0v) is 28.3. The van der Waals surface area contributed by atoms with Gasteiger partial charge in [0, 0.05) is 20.0 Å². The fourth-order valence-corrected chi connectivity index (χ4v) is 13.1. The number of hydrogen-bond acceptors (Lipinski definition) is 0. The van der Waals surface area contributed by atoms with E-state index < -0.39 is 8.07 Å². The van der Waals surface area contributed by atoms with E-state index in [2.05, 4.69) is 178 Å². The van der Waals surface area contributed by atoms with Gasteiger partial charge in [0.25, 0.3) is 0 Å². The Labute approximate surface area is 271 Å². The lowest BCUT2D eigenvalue weighted by Gasteiger charge is -2.38. The molecule has 43 heavy (non-hydrogen) atoms. The highest BCUT2D eigenvalue weighted by molar-refractivity contribution is 9.10. The van der Waals surface area contributed by atoms with Crippen LogP contribution in [0.3, 0.4) is 0 Å². The number of halogens is 2. The SMILES string of the molecule is C[Si](C)(C1c2ccc(-c3ccccc3)cc2-c2cc(-c3ccccc3)ccc21)C1c2cc(Br)ccc2-c2ccc(Br)cc21. The summed E-state index contributed by atoms with van der Waals surface area (Å²) in [6, 6.07) is 49.9. The summed E-state index contributed by atoms with van der Waals surface area (Å²) in [6.45, 7) is 5.25. The van der Waals surface area contributed by atoms with Crippen molar-refractivity contribution in [2.75, 3.05) is 0 Å². The second-order valence-electron chi connectivity index (χ2n) is 12.5. The van der Waals surface area contributed by atoms with Gasteiger partial charge in [0.2, 0.25) is 0 Å². The van der Waals surface area contributed by atoms with E-state index in [0.29, 0.717) is 11.1 Å².